The third-order valence-electron chi connectivity index (χ3n) is 5.08. The first kappa shape index (κ1) is 19.2. The third-order valence-corrected chi connectivity index (χ3v) is 5.08. The highest BCUT2D eigenvalue weighted by Crippen LogP contribution is 2.32. The fourth-order valence-corrected chi connectivity index (χ4v) is 3.53. The topological polar surface area (TPSA) is 109 Å². The average Bonchev–Trinajstić information content (AvgIpc) is 2.75. The van der Waals surface area contributed by atoms with Gasteiger partial charge in [0.25, 0.3) is 11.5 Å². The smallest absolute Gasteiger partial charge is 0.322 e. The number of nitrogens with zero attached hydrogens (tertiary/aromatic N) is 1. The van der Waals surface area contributed by atoms with Gasteiger partial charge < -0.3 is 20.1 Å². The predicted octanol–water partition coefficient (Wildman–Crippen LogP) is 2.88. The summed E-state index contributed by atoms with van der Waals surface area (Å²) in [6, 6.07) is 19.2. The van der Waals surface area contributed by atoms with E-state index in [0.717, 1.165) is 21.9 Å². The molecule has 150 valence electrons. The fraction of sp³-hybridized carbons (Fsp3) is 0.0870. The number of pyridine rings is 1. The predicted molar refractivity (Wildman–Crippen MR) is 114 cm³/mol. The molecule has 7 nitrogen and oxygen atoms in total. The van der Waals surface area contributed by atoms with E-state index in [1.54, 1.807) is 12.1 Å². The van der Waals surface area contributed by atoms with Gasteiger partial charge in [-0.25, -0.2) is 0 Å². The van der Waals surface area contributed by atoms with Crippen molar-refractivity contribution in [2.24, 2.45) is 7.05 Å². The molecule has 1 amide bonds. The van der Waals surface area contributed by atoms with Gasteiger partial charge in [0.15, 0.2) is 0 Å². The Labute approximate surface area is 170 Å². The lowest BCUT2D eigenvalue weighted by Crippen LogP contribution is -2.35. The van der Waals surface area contributed by atoms with Crippen LogP contribution in [0.4, 0.5) is 0 Å². The van der Waals surface area contributed by atoms with Crippen LogP contribution in [0.3, 0.4) is 0 Å². The molecule has 0 aliphatic rings. The molecule has 0 unspecified atom stereocenters. The number of aryl methyl sites for hydroxylation is 1. The molecule has 1 heterocycles. The standard InChI is InChI=1S/C23H18N2O5/c1-25-18-9-8-16(15-7-6-13-4-2-3-5-14(13)10-15)11-17(18)21(28)20(23(25)30)22(29)24-12-19(26)27/h2-11,28H,12H2,1H3,(H,24,29)(H,26,27). The molecule has 0 aliphatic carbocycles. The number of aromatic hydroxyl groups is 1. The number of amides is 1. The van der Waals surface area contributed by atoms with Crippen molar-refractivity contribution < 1.29 is 19.8 Å². The van der Waals surface area contributed by atoms with Gasteiger partial charge in [-0.2, -0.15) is 0 Å². The van der Waals surface area contributed by atoms with Crippen molar-refractivity contribution in [1.82, 2.24) is 9.88 Å². The molecule has 1 aromatic heterocycles. The van der Waals surface area contributed by atoms with Crippen LogP contribution >= 0.6 is 0 Å². The van der Waals surface area contributed by atoms with Gasteiger partial charge in [0.05, 0.1) is 5.52 Å². The first-order valence-corrected chi connectivity index (χ1v) is 9.21. The number of nitrogens with one attached hydrogen (secondary N) is 1. The van der Waals surface area contributed by atoms with Gasteiger partial charge in [0, 0.05) is 12.4 Å². The molecule has 30 heavy (non-hydrogen) atoms. The summed E-state index contributed by atoms with van der Waals surface area (Å²) in [5.41, 5.74) is 0.986. The maximum absolute atomic E-state index is 12.6. The minimum absolute atomic E-state index is 0.322. The Morgan fingerprint density at radius 1 is 0.967 bits per heavy atom. The Morgan fingerprint density at radius 2 is 1.63 bits per heavy atom. The number of hydrogen-bond acceptors (Lipinski definition) is 4. The van der Waals surface area contributed by atoms with Gasteiger partial charge in [0.1, 0.15) is 17.9 Å². The van der Waals surface area contributed by atoms with Crippen molar-refractivity contribution in [3.63, 3.8) is 0 Å². The van der Waals surface area contributed by atoms with Gasteiger partial charge >= 0.3 is 5.97 Å². The summed E-state index contributed by atoms with van der Waals surface area (Å²) in [7, 11) is 1.49. The molecule has 7 heteroatoms. The molecular formula is C23H18N2O5. The quantitative estimate of drug-likeness (QED) is 0.486. The monoisotopic (exact) mass is 402 g/mol. The summed E-state index contributed by atoms with van der Waals surface area (Å²) < 4.78 is 1.26. The van der Waals surface area contributed by atoms with E-state index in [1.807, 2.05) is 48.5 Å². The summed E-state index contributed by atoms with van der Waals surface area (Å²) in [5, 5.41) is 24.1. The zero-order valence-corrected chi connectivity index (χ0v) is 16.0. The molecule has 0 bridgehead atoms. The van der Waals surface area contributed by atoms with Crippen molar-refractivity contribution >= 4 is 33.6 Å². The minimum atomic E-state index is -1.25. The van der Waals surface area contributed by atoms with Crippen molar-refractivity contribution in [2.75, 3.05) is 6.54 Å². The summed E-state index contributed by atoms with van der Waals surface area (Å²) in [4.78, 5) is 35.6. The summed E-state index contributed by atoms with van der Waals surface area (Å²) in [5.74, 6) is -2.66. The van der Waals surface area contributed by atoms with Crippen LogP contribution in [0.2, 0.25) is 0 Å². The van der Waals surface area contributed by atoms with E-state index in [0.29, 0.717) is 10.9 Å². The number of aliphatic carboxylic acids is 1. The lowest BCUT2D eigenvalue weighted by Gasteiger charge is -2.13. The molecule has 0 fully saturated rings. The summed E-state index contributed by atoms with van der Waals surface area (Å²) >= 11 is 0. The highest BCUT2D eigenvalue weighted by atomic mass is 16.4. The molecule has 0 saturated heterocycles. The number of carboxylic acid groups (broad SMARTS) is 1. The van der Waals surface area contributed by atoms with Crippen LogP contribution < -0.4 is 10.9 Å². The molecular weight excluding hydrogens is 384 g/mol. The Morgan fingerprint density at radius 3 is 2.37 bits per heavy atom. The lowest BCUT2D eigenvalue weighted by molar-refractivity contribution is -0.135. The molecule has 4 aromatic rings. The molecule has 0 atom stereocenters. The first-order chi connectivity index (χ1) is 14.4. The number of rotatable bonds is 4. The van der Waals surface area contributed by atoms with Crippen LogP contribution in [-0.4, -0.2) is 33.2 Å². The second-order valence-corrected chi connectivity index (χ2v) is 6.96. The second kappa shape index (κ2) is 7.36. The van der Waals surface area contributed by atoms with Gasteiger partial charge in [-0.3, -0.25) is 14.4 Å². The highest BCUT2D eigenvalue weighted by Gasteiger charge is 2.22. The van der Waals surface area contributed by atoms with E-state index in [2.05, 4.69) is 5.32 Å². The van der Waals surface area contributed by atoms with Gasteiger partial charge in [-0.05, 0) is 40.1 Å². The van der Waals surface area contributed by atoms with Crippen LogP contribution in [-0.2, 0) is 11.8 Å². The minimum Gasteiger partial charge on any atom is -0.506 e. The van der Waals surface area contributed by atoms with Gasteiger partial charge in [-0.15, -0.1) is 0 Å². The van der Waals surface area contributed by atoms with Crippen LogP contribution in [0.1, 0.15) is 10.4 Å². The Balaban J connectivity index is 1.87. The van der Waals surface area contributed by atoms with E-state index in [4.69, 9.17) is 5.11 Å². The van der Waals surface area contributed by atoms with E-state index >= 15 is 0 Å². The van der Waals surface area contributed by atoms with Crippen LogP contribution in [0, 0.1) is 0 Å². The number of carboxylic acids is 1. The largest absolute Gasteiger partial charge is 0.506 e. The zero-order valence-electron chi connectivity index (χ0n) is 16.0. The number of hydrogen-bond donors (Lipinski definition) is 3. The van der Waals surface area contributed by atoms with Gasteiger partial charge in [0.2, 0.25) is 0 Å². The van der Waals surface area contributed by atoms with Crippen LogP contribution in [0.15, 0.2) is 65.5 Å². The van der Waals surface area contributed by atoms with Crippen LogP contribution in [0.25, 0.3) is 32.8 Å². The normalized spacial score (nSPS) is 11.0. The second-order valence-electron chi connectivity index (χ2n) is 6.96. The van der Waals surface area contributed by atoms with Crippen LogP contribution in [0.5, 0.6) is 5.75 Å². The number of carbonyl (C=O) groups excluding carboxylic acids is 1. The van der Waals surface area contributed by atoms with Crippen molar-refractivity contribution in [2.45, 2.75) is 0 Å². The molecule has 3 N–H and O–H groups in total. The molecule has 0 saturated carbocycles. The van der Waals surface area contributed by atoms with Crippen molar-refractivity contribution in [3.05, 3.63) is 76.6 Å². The maximum Gasteiger partial charge on any atom is 0.322 e. The number of benzene rings is 3. The van der Waals surface area contributed by atoms with E-state index in [1.165, 1.54) is 11.6 Å². The SMILES string of the molecule is Cn1c(=O)c(C(=O)NCC(=O)O)c(O)c2cc(-c3ccc4ccccc4c3)ccc21. The third kappa shape index (κ3) is 3.26. The Kier molecular flexibility index (Phi) is 4.71. The Hall–Kier alpha value is -4.13. The zero-order chi connectivity index (χ0) is 21.4. The molecule has 3 aromatic carbocycles. The first-order valence-electron chi connectivity index (χ1n) is 9.21. The number of aromatic nitrogens is 1. The van der Waals surface area contributed by atoms with E-state index in [9.17, 15) is 19.5 Å². The fourth-order valence-electron chi connectivity index (χ4n) is 3.53. The molecule has 0 aliphatic heterocycles. The molecule has 0 radical (unpaired) electrons. The summed E-state index contributed by atoms with van der Waals surface area (Å²) in [6.07, 6.45) is 0. The summed E-state index contributed by atoms with van der Waals surface area (Å²) in [6.45, 7) is -0.656. The highest BCUT2D eigenvalue weighted by molar-refractivity contribution is 6.04. The van der Waals surface area contributed by atoms with Crippen molar-refractivity contribution in [3.8, 4) is 16.9 Å². The number of carbonyl (C=O) groups is 2. The van der Waals surface area contributed by atoms with E-state index < -0.39 is 35.3 Å². The van der Waals surface area contributed by atoms with E-state index in [-0.39, 0.29) is 0 Å². The average molecular weight is 402 g/mol. The van der Waals surface area contributed by atoms with Gasteiger partial charge in [-0.1, -0.05) is 42.5 Å². The van der Waals surface area contributed by atoms with Crippen molar-refractivity contribution in [1.29, 1.82) is 0 Å². The lowest BCUT2D eigenvalue weighted by atomic mass is 9.99. The number of fused-ring (bicyclic) bond motifs is 2. The maximum atomic E-state index is 12.6. The molecule has 4 rings (SSSR count). The Bertz CT molecular complexity index is 1390. The molecule has 0 spiro atoms.